The number of carbonyl (C=O) groups excluding carboxylic acids is 1. The topological polar surface area (TPSA) is 98.1 Å². The first-order valence-corrected chi connectivity index (χ1v) is 9.48. The van der Waals surface area contributed by atoms with Crippen LogP contribution < -0.4 is 5.73 Å². The smallest absolute Gasteiger partial charge is 0.273 e. The zero-order chi connectivity index (χ0) is 19.7. The van der Waals surface area contributed by atoms with Gasteiger partial charge in [-0.15, -0.1) is 0 Å². The number of amides is 1. The van der Waals surface area contributed by atoms with Crippen molar-refractivity contribution in [3.8, 4) is 0 Å². The Kier molecular flexibility index (Phi) is 5.00. The molecule has 144 valence electrons. The summed E-state index contributed by atoms with van der Waals surface area (Å²) in [7, 11) is 0. The second-order valence-corrected chi connectivity index (χ2v) is 7.32. The van der Waals surface area contributed by atoms with Gasteiger partial charge in [0.2, 0.25) is 11.8 Å². The van der Waals surface area contributed by atoms with Crippen molar-refractivity contribution in [1.29, 1.82) is 0 Å². The number of aryl methyl sites for hydroxylation is 1. The molecule has 0 spiro atoms. The Balaban J connectivity index is 1.53. The highest BCUT2D eigenvalue weighted by molar-refractivity contribution is 6.30. The number of nitrogens with two attached hydrogens (primary N) is 1. The number of benzene rings is 1. The van der Waals surface area contributed by atoms with E-state index in [1.54, 1.807) is 24.1 Å². The van der Waals surface area contributed by atoms with Crippen LogP contribution in [0.25, 0.3) is 0 Å². The quantitative estimate of drug-likeness (QED) is 0.722. The minimum absolute atomic E-state index is 0.0963. The average molecular weight is 398 g/mol. The highest BCUT2D eigenvalue weighted by Gasteiger charge is 2.34. The second-order valence-electron chi connectivity index (χ2n) is 6.88. The van der Waals surface area contributed by atoms with Crippen LogP contribution in [0.15, 0.2) is 40.9 Å². The van der Waals surface area contributed by atoms with Crippen molar-refractivity contribution in [1.82, 2.24) is 19.9 Å². The van der Waals surface area contributed by atoms with Crippen LogP contribution in [0, 0.1) is 6.92 Å². The fourth-order valence-electron chi connectivity index (χ4n) is 3.52. The Morgan fingerprint density at radius 2 is 2.21 bits per heavy atom. The minimum Gasteiger partial charge on any atom is -0.443 e. The Hall–Kier alpha value is -2.93. The van der Waals surface area contributed by atoms with Gasteiger partial charge in [-0.1, -0.05) is 23.7 Å². The van der Waals surface area contributed by atoms with Crippen molar-refractivity contribution < 1.29 is 9.21 Å². The molecule has 8 heteroatoms. The molecular formula is C20H20ClN5O2. The van der Waals surface area contributed by atoms with Crippen LogP contribution in [0.1, 0.15) is 52.3 Å². The molecule has 1 atom stereocenters. The van der Waals surface area contributed by atoms with Crippen molar-refractivity contribution in [2.24, 2.45) is 0 Å². The summed E-state index contributed by atoms with van der Waals surface area (Å²) >= 11 is 6.04. The van der Waals surface area contributed by atoms with Gasteiger partial charge in [-0.05, 0) is 43.5 Å². The summed E-state index contributed by atoms with van der Waals surface area (Å²) in [5.41, 5.74) is 7.69. The third-order valence-electron chi connectivity index (χ3n) is 4.73. The second kappa shape index (κ2) is 7.59. The first-order valence-electron chi connectivity index (χ1n) is 9.11. The lowest BCUT2D eigenvalue weighted by atomic mass is 10.1. The molecule has 1 saturated heterocycles. The predicted molar refractivity (Wildman–Crippen MR) is 105 cm³/mol. The van der Waals surface area contributed by atoms with Crippen molar-refractivity contribution in [3.05, 3.63) is 70.2 Å². The number of hydrogen-bond donors (Lipinski definition) is 1. The van der Waals surface area contributed by atoms with Gasteiger partial charge in [0.05, 0.1) is 6.20 Å². The molecule has 3 heterocycles. The first kappa shape index (κ1) is 18.4. The molecule has 1 fully saturated rings. The third-order valence-corrected chi connectivity index (χ3v) is 4.96. The number of aromatic nitrogens is 3. The number of likely N-dealkylation sites (tertiary alicyclic amines) is 1. The Morgan fingerprint density at radius 3 is 3.00 bits per heavy atom. The van der Waals surface area contributed by atoms with Crippen molar-refractivity contribution in [2.45, 2.75) is 32.2 Å². The normalized spacial score (nSPS) is 16.5. The lowest BCUT2D eigenvalue weighted by Crippen LogP contribution is -2.31. The van der Waals surface area contributed by atoms with Gasteiger partial charge in [0.15, 0.2) is 0 Å². The molecular weight excluding hydrogens is 378 g/mol. The van der Waals surface area contributed by atoms with Gasteiger partial charge in [0.1, 0.15) is 17.5 Å². The van der Waals surface area contributed by atoms with E-state index in [-0.39, 0.29) is 17.9 Å². The van der Waals surface area contributed by atoms with Crippen molar-refractivity contribution in [3.63, 3.8) is 0 Å². The van der Waals surface area contributed by atoms with Gasteiger partial charge < -0.3 is 15.1 Å². The average Bonchev–Trinajstić information content (AvgIpc) is 3.29. The minimum atomic E-state index is -0.211. The number of carbonyl (C=O) groups is 1. The predicted octanol–water partition coefficient (Wildman–Crippen LogP) is 3.58. The van der Waals surface area contributed by atoms with Gasteiger partial charge >= 0.3 is 0 Å². The van der Waals surface area contributed by atoms with Gasteiger partial charge in [-0.3, -0.25) is 4.79 Å². The van der Waals surface area contributed by atoms with Crippen LogP contribution in [0.2, 0.25) is 5.02 Å². The van der Waals surface area contributed by atoms with Crippen LogP contribution in [0.4, 0.5) is 5.95 Å². The highest BCUT2D eigenvalue weighted by Crippen LogP contribution is 2.33. The standard InChI is InChI=1S/C20H20ClN5O2/c1-12-8-16(25-20(22)24-12)19(27)26-7-3-6-17(26)18-23-11-15(28-18)10-13-4-2-5-14(21)9-13/h2,4-5,8-9,11,17H,3,6-7,10H2,1H3,(H2,22,24,25)/t17-/m1/s1. The highest BCUT2D eigenvalue weighted by atomic mass is 35.5. The summed E-state index contributed by atoms with van der Waals surface area (Å²) in [6.07, 6.45) is 3.98. The number of rotatable bonds is 4. The zero-order valence-electron chi connectivity index (χ0n) is 15.4. The summed E-state index contributed by atoms with van der Waals surface area (Å²) < 4.78 is 5.97. The zero-order valence-corrected chi connectivity index (χ0v) is 16.2. The molecule has 2 N–H and O–H groups in total. The Morgan fingerprint density at radius 1 is 1.36 bits per heavy atom. The van der Waals surface area contributed by atoms with Gasteiger partial charge in [-0.25, -0.2) is 15.0 Å². The molecule has 0 aliphatic carbocycles. The van der Waals surface area contributed by atoms with Crippen LogP contribution in [0.5, 0.6) is 0 Å². The fourth-order valence-corrected chi connectivity index (χ4v) is 3.73. The molecule has 4 rings (SSSR count). The van der Waals surface area contributed by atoms with E-state index in [2.05, 4.69) is 15.0 Å². The van der Waals surface area contributed by atoms with E-state index in [0.29, 0.717) is 35.3 Å². The molecule has 0 radical (unpaired) electrons. The summed E-state index contributed by atoms with van der Waals surface area (Å²) in [6.45, 7) is 2.41. The monoisotopic (exact) mass is 397 g/mol. The number of halogens is 1. The van der Waals surface area contributed by atoms with Gasteiger partial charge in [-0.2, -0.15) is 0 Å². The van der Waals surface area contributed by atoms with Gasteiger partial charge in [0.25, 0.3) is 5.91 Å². The lowest BCUT2D eigenvalue weighted by Gasteiger charge is -2.22. The van der Waals surface area contributed by atoms with Crippen LogP contribution >= 0.6 is 11.6 Å². The van der Waals surface area contributed by atoms with Crippen LogP contribution in [-0.4, -0.2) is 32.3 Å². The van der Waals surface area contributed by atoms with Crippen LogP contribution in [-0.2, 0) is 6.42 Å². The maximum absolute atomic E-state index is 13.0. The van der Waals surface area contributed by atoms with E-state index >= 15 is 0 Å². The lowest BCUT2D eigenvalue weighted by molar-refractivity contribution is 0.0708. The van der Waals surface area contributed by atoms with Crippen molar-refractivity contribution in [2.75, 3.05) is 12.3 Å². The molecule has 1 amide bonds. The number of nitrogens with zero attached hydrogens (tertiary/aromatic N) is 4. The van der Waals surface area contributed by atoms with Gasteiger partial charge in [0, 0.05) is 23.7 Å². The summed E-state index contributed by atoms with van der Waals surface area (Å²) in [6, 6.07) is 9.06. The van der Waals surface area contributed by atoms with E-state index in [0.717, 1.165) is 24.2 Å². The fraction of sp³-hybridized carbons (Fsp3) is 0.300. The Labute approximate surface area is 167 Å². The number of oxazole rings is 1. The summed E-state index contributed by atoms with van der Waals surface area (Å²) in [5.74, 6) is 1.19. The van der Waals surface area contributed by atoms with Crippen LogP contribution in [0.3, 0.4) is 0 Å². The molecule has 1 aromatic carbocycles. The molecule has 1 aliphatic heterocycles. The van der Waals surface area contributed by atoms with E-state index < -0.39 is 0 Å². The summed E-state index contributed by atoms with van der Waals surface area (Å²) in [5, 5.41) is 0.684. The molecule has 7 nitrogen and oxygen atoms in total. The number of hydrogen-bond acceptors (Lipinski definition) is 6. The molecule has 2 aromatic heterocycles. The maximum atomic E-state index is 13.0. The summed E-state index contributed by atoms with van der Waals surface area (Å²) in [4.78, 5) is 27.3. The molecule has 0 unspecified atom stereocenters. The molecule has 0 saturated carbocycles. The third kappa shape index (κ3) is 3.84. The Bertz CT molecular complexity index is 999. The maximum Gasteiger partial charge on any atom is 0.273 e. The SMILES string of the molecule is Cc1cc(C(=O)N2CCC[C@@H]2c2ncc(Cc3cccc(Cl)c3)o2)nc(N)n1. The largest absolute Gasteiger partial charge is 0.443 e. The van der Waals surface area contributed by atoms with E-state index in [4.69, 9.17) is 21.8 Å². The number of anilines is 1. The molecule has 3 aromatic rings. The van der Waals surface area contributed by atoms with Crippen molar-refractivity contribution >= 4 is 23.5 Å². The molecule has 28 heavy (non-hydrogen) atoms. The van der Waals surface area contributed by atoms with E-state index in [9.17, 15) is 4.79 Å². The number of nitrogen functional groups attached to an aromatic ring is 1. The first-order chi connectivity index (χ1) is 13.5. The molecule has 1 aliphatic rings. The van der Waals surface area contributed by atoms with E-state index in [1.807, 2.05) is 24.3 Å². The molecule has 0 bridgehead atoms. The van der Waals surface area contributed by atoms with E-state index in [1.165, 1.54) is 0 Å².